The molecule has 0 saturated carbocycles. The van der Waals surface area contributed by atoms with E-state index in [0.29, 0.717) is 43.4 Å². The zero-order chi connectivity index (χ0) is 28.6. The highest BCUT2D eigenvalue weighted by Gasteiger charge is 2.29. The fraction of sp³-hybridized carbons (Fsp3) is 0.562. The SMILES string of the molecule is CCCCCCOC(=O)CCCC(C)(C)c1cc(O)c(C(C)(C)CCCC#CC#CC#CC(=O)O)cc1O. The van der Waals surface area contributed by atoms with Crippen molar-refractivity contribution in [3.63, 3.8) is 0 Å². The highest BCUT2D eigenvalue weighted by Crippen LogP contribution is 2.43. The number of unbranched alkanes of at least 4 members (excludes halogenated alkanes) is 4. The van der Waals surface area contributed by atoms with Crippen LogP contribution in [0.2, 0.25) is 0 Å². The van der Waals surface area contributed by atoms with Crippen molar-refractivity contribution in [1.29, 1.82) is 0 Å². The van der Waals surface area contributed by atoms with Gasteiger partial charge >= 0.3 is 11.9 Å². The van der Waals surface area contributed by atoms with E-state index in [0.717, 1.165) is 38.5 Å². The molecule has 0 aliphatic rings. The van der Waals surface area contributed by atoms with Crippen LogP contribution in [-0.4, -0.2) is 33.9 Å². The van der Waals surface area contributed by atoms with Crippen LogP contribution in [0.1, 0.15) is 110 Å². The Morgan fingerprint density at radius 2 is 1.39 bits per heavy atom. The minimum atomic E-state index is -1.23. The molecule has 0 fully saturated rings. The molecule has 6 heteroatoms. The molecule has 1 rings (SSSR count). The molecule has 0 amide bonds. The number of aromatic hydroxyl groups is 2. The molecule has 206 valence electrons. The van der Waals surface area contributed by atoms with Crippen LogP contribution in [0.15, 0.2) is 12.1 Å². The smallest absolute Gasteiger partial charge is 0.382 e. The van der Waals surface area contributed by atoms with Gasteiger partial charge in [-0.05, 0) is 78.7 Å². The third-order valence-electron chi connectivity index (χ3n) is 6.56. The van der Waals surface area contributed by atoms with E-state index >= 15 is 0 Å². The van der Waals surface area contributed by atoms with Gasteiger partial charge in [0.2, 0.25) is 0 Å². The number of carbonyl (C=O) groups excluding carboxylic acids is 1. The van der Waals surface area contributed by atoms with Crippen LogP contribution < -0.4 is 0 Å². The Kier molecular flexibility index (Phi) is 13.9. The lowest BCUT2D eigenvalue weighted by molar-refractivity contribution is -0.144. The first kappa shape index (κ1) is 32.5. The maximum Gasteiger partial charge on any atom is 0.382 e. The van der Waals surface area contributed by atoms with Gasteiger partial charge in [-0.25, -0.2) is 4.79 Å². The van der Waals surface area contributed by atoms with E-state index in [1.54, 1.807) is 12.1 Å². The zero-order valence-corrected chi connectivity index (χ0v) is 23.5. The number of phenols is 2. The number of hydrogen-bond acceptors (Lipinski definition) is 5. The van der Waals surface area contributed by atoms with Crippen molar-refractivity contribution in [3.8, 4) is 47.0 Å². The third kappa shape index (κ3) is 12.1. The first-order valence-electron chi connectivity index (χ1n) is 13.3. The Morgan fingerprint density at radius 3 is 1.97 bits per heavy atom. The van der Waals surface area contributed by atoms with Crippen LogP contribution in [0.4, 0.5) is 0 Å². The van der Waals surface area contributed by atoms with E-state index in [1.807, 2.05) is 33.6 Å². The maximum absolute atomic E-state index is 12.0. The molecular formula is C32H42O6. The van der Waals surface area contributed by atoms with E-state index in [9.17, 15) is 19.8 Å². The van der Waals surface area contributed by atoms with Gasteiger partial charge in [-0.1, -0.05) is 59.8 Å². The van der Waals surface area contributed by atoms with E-state index < -0.39 is 16.8 Å². The highest BCUT2D eigenvalue weighted by molar-refractivity contribution is 5.87. The van der Waals surface area contributed by atoms with Crippen molar-refractivity contribution < 1.29 is 29.6 Å². The Morgan fingerprint density at radius 1 is 0.816 bits per heavy atom. The van der Waals surface area contributed by atoms with Crippen molar-refractivity contribution in [2.75, 3.05) is 6.61 Å². The average molecular weight is 523 g/mol. The molecule has 0 heterocycles. The topological polar surface area (TPSA) is 104 Å². The summed E-state index contributed by atoms with van der Waals surface area (Å²) in [5.41, 5.74) is 0.485. The molecule has 0 spiro atoms. The van der Waals surface area contributed by atoms with Crippen molar-refractivity contribution in [1.82, 2.24) is 0 Å². The minimum absolute atomic E-state index is 0.131. The summed E-state index contributed by atoms with van der Waals surface area (Å²) in [7, 11) is 0. The lowest BCUT2D eigenvalue weighted by Crippen LogP contribution is -2.21. The highest BCUT2D eigenvalue weighted by atomic mass is 16.5. The van der Waals surface area contributed by atoms with E-state index in [1.165, 1.54) is 0 Å². The summed E-state index contributed by atoms with van der Waals surface area (Å²) >= 11 is 0. The second-order valence-corrected chi connectivity index (χ2v) is 10.7. The standard InChI is InChI=1S/C32H42O6/c1-6-7-8-16-22-38-30(37)19-17-21-32(4,5)26-24-27(33)25(23-28(26)34)31(2,3)20-15-13-11-9-10-12-14-18-29(35)36/h23-24,33-34H,6-8,13,15-17,19-22H2,1-5H3,(H,35,36). The van der Waals surface area contributed by atoms with Gasteiger partial charge in [0.15, 0.2) is 0 Å². The number of phenolic OH excluding ortho intramolecular Hbond substituents is 2. The van der Waals surface area contributed by atoms with Crippen LogP contribution in [0.25, 0.3) is 0 Å². The van der Waals surface area contributed by atoms with Crippen LogP contribution in [0, 0.1) is 35.5 Å². The predicted octanol–water partition coefficient (Wildman–Crippen LogP) is 6.21. The zero-order valence-electron chi connectivity index (χ0n) is 23.5. The fourth-order valence-corrected chi connectivity index (χ4v) is 4.26. The largest absolute Gasteiger partial charge is 0.508 e. The molecule has 0 bridgehead atoms. The maximum atomic E-state index is 12.0. The molecule has 38 heavy (non-hydrogen) atoms. The lowest BCUT2D eigenvalue weighted by atomic mass is 9.75. The van der Waals surface area contributed by atoms with Crippen LogP contribution in [0.3, 0.4) is 0 Å². The number of benzene rings is 1. The summed E-state index contributed by atoms with van der Waals surface area (Å²) < 4.78 is 5.31. The van der Waals surface area contributed by atoms with E-state index in [4.69, 9.17) is 9.84 Å². The predicted molar refractivity (Wildman–Crippen MR) is 150 cm³/mol. The molecule has 0 unspecified atom stereocenters. The molecule has 1 aromatic rings. The molecule has 0 saturated heterocycles. The summed E-state index contributed by atoms with van der Waals surface area (Å²) in [4.78, 5) is 22.3. The lowest BCUT2D eigenvalue weighted by Gasteiger charge is -2.30. The van der Waals surface area contributed by atoms with Gasteiger partial charge in [-0.15, -0.1) is 0 Å². The number of rotatable bonds is 14. The molecule has 3 N–H and O–H groups in total. The average Bonchev–Trinajstić information content (AvgIpc) is 2.83. The van der Waals surface area contributed by atoms with Gasteiger partial charge in [-0.3, -0.25) is 4.79 Å². The second-order valence-electron chi connectivity index (χ2n) is 10.7. The quantitative estimate of drug-likeness (QED) is 0.116. The summed E-state index contributed by atoms with van der Waals surface area (Å²) in [5, 5.41) is 30.1. The number of hydrogen-bond donors (Lipinski definition) is 3. The number of carbonyl (C=O) groups is 2. The number of carboxylic acid groups (broad SMARTS) is 1. The summed E-state index contributed by atoms with van der Waals surface area (Å²) in [6.07, 6.45) is 7.96. The molecule has 0 aliphatic carbocycles. The molecule has 0 aliphatic heterocycles. The van der Waals surface area contributed by atoms with Crippen LogP contribution in [0.5, 0.6) is 11.5 Å². The van der Waals surface area contributed by atoms with Gasteiger partial charge in [-0.2, -0.15) is 0 Å². The third-order valence-corrected chi connectivity index (χ3v) is 6.56. The molecule has 0 atom stereocenters. The van der Waals surface area contributed by atoms with Crippen molar-refractivity contribution in [2.24, 2.45) is 0 Å². The van der Waals surface area contributed by atoms with Crippen molar-refractivity contribution in [2.45, 2.75) is 110 Å². The Labute approximate surface area is 228 Å². The van der Waals surface area contributed by atoms with Crippen LogP contribution >= 0.6 is 0 Å². The molecule has 0 aromatic heterocycles. The van der Waals surface area contributed by atoms with Gasteiger partial charge < -0.3 is 20.1 Å². The summed E-state index contributed by atoms with van der Waals surface area (Å²) in [5.74, 6) is 13.4. The number of ether oxygens (including phenoxy) is 1. The number of aliphatic carboxylic acids is 1. The van der Waals surface area contributed by atoms with Gasteiger partial charge in [0, 0.05) is 29.9 Å². The Balaban J connectivity index is 2.69. The Hall–Kier alpha value is -3.56. The van der Waals surface area contributed by atoms with Crippen molar-refractivity contribution >= 4 is 11.9 Å². The second kappa shape index (κ2) is 16.3. The van der Waals surface area contributed by atoms with Gasteiger partial charge in [0.1, 0.15) is 11.5 Å². The van der Waals surface area contributed by atoms with Gasteiger partial charge in [0.25, 0.3) is 0 Å². The summed E-state index contributed by atoms with van der Waals surface area (Å²) in [6, 6.07) is 3.29. The number of carboxylic acids is 1. The normalized spacial score (nSPS) is 10.8. The fourth-order valence-electron chi connectivity index (χ4n) is 4.26. The molecule has 0 radical (unpaired) electrons. The summed E-state index contributed by atoms with van der Waals surface area (Å²) in [6.45, 7) is 10.6. The van der Waals surface area contributed by atoms with E-state index in [2.05, 4.69) is 36.5 Å². The minimum Gasteiger partial charge on any atom is -0.508 e. The first-order valence-corrected chi connectivity index (χ1v) is 13.3. The Bertz CT molecular complexity index is 1130. The molecule has 6 nitrogen and oxygen atoms in total. The van der Waals surface area contributed by atoms with E-state index in [-0.39, 0.29) is 17.5 Å². The first-order chi connectivity index (χ1) is 17.9. The van der Waals surface area contributed by atoms with Crippen molar-refractivity contribution in [3.05, 3.63) is 23.3 Å². The van der Waals surface area contributed by atoms with Crippen LogP contribution in [-0.2, 0) is 25.2 Å². The molecule has 1 aromatic carbocycles. The molecular weight excluding hydrogens is 480 g/mol. The van der Waals surface area contributed by atoms with Gasteiger partial charge in [0.05, 0.1) is 6.61 Å². The monoisotopic (exact) mass is 522 g/mol. The number of esters is 1.